The number of carbonyl (C=O) groups is 2. The Bertz CT molecular complexity index is 729. The summed E-state index contributed by atoms with van der Waals surface area (Å²) in [5, 5.41) is 13.5. The average molecular weight is 278 g/mol. The molecule has 0 fully saturated rings. The Balaban J connectivity index is 2.55. The Morgan fingerprint density at radius 1 is 1.50 bits per heavy atom. The number of hydrogen-bond donors (Lipinski definition) is 3. The van der Waals surface area contributed by atoms with Crippen molar-refractivity contribution < 1.29 is 14.7 Å². The van der Waals surface area contributed by atoms with Gasteiger partial charge in [0, 0.05) is 11.8 Å². The van der Waals surface area contributed by atoms with Gasteiger partial charge in [-0.25, -0.2) is 9.50 Å². The quantitative estimate of drug-likeness (QED) is 0.725. The van der Waals surface area contributed by atoms with Crippen LogP contribution in [0.2, 0.25) is 0 Å². The van der Waals surface area contributed by atoms with Gasteiger partial charge < -0.3 is 10.4 Å². The van der Waals surface area contributed by atoms with Crippen molar-refractivity contribution >= 4 is 17.5 Å². The van der Waals surface area contributed by atoms with E-state index in [-0.39, 0.29) is 17.1 Å². The van der Waals surface area contributed by atoms with E-state index in [2.05, 4.69) is 15.4 Å². The van der Waals surface area contributed by atoms with E-state index in [4.69, 9.17) is 5.11 Å². The molecule has 0 saturated heterocycles. The SMILES string of the molecule is CC(C)c1cc(=O)c(C(=O)NCC(=O)O)c2nc[nH]n12. The third-order valence-electron chi connectivity index (χ3n) is 2.81. The number of H-pyrrole nitrogens is 1. The van der Waals surface area contributed by atoms with Crippen molar-refractivity contribution in [2.45, 2.75) is 19.8 Å². The van der Waals surface area contributed by atoms with Crippen LogP contribution in [-0.4, -0.2) is 38.1 Å². The summed E-state index contributed by atoms with van der Waals surface area (Å²) >= 11 is 0. The summed E-state index contributed by atoms with van der Waals surface area (Å²) in [4.78, 5) is 38.4. The molecule has 0 aliphatic carbocycles. The maximum Gasteiger partial charge on any atom is 0.322 e. The van der Waals surface area contributed by atoms with E-state index in [0.717, 1.165) is 0 Å². The second-order valence-electron chi connectivity index (χ2n) is 4.59. The van der Waals surface area contributed by atoms with Crippen molar-refractivity contribution in [3.05, 3.63) is 33.9 Å². The monoisotopic (exact) mass is 278 g/mol. The Morgan fingerprint density at radius 3 is 2.80 bits per heavy atom. The van der Waals surface area contributed by atoms with E-state index in [1.54, 1.807) is 4.52 Å². The number of carbonyl (C=O) groups excluding carboxylic acids is 1. The Kier molecular flexibility index (Phi) is 3.55. The molecule has 0 saturated carbocycles. The molecular weight excluding hydrogens is 264 g/mol. The van der Waals surface area contributed by atoms with Crippen LogP contribution in [0.5, 0.6) is 0 Å². The molecule has 0 bridgehead atoms. The van der Waals surface area contributed by atoms with Gasteiger partial charge in [0.1, 0.15) is 18.4 Å². The van der Waals surface area contributed by atoms with E-state index in [0.29, 0.717) is 5.69 Å². The maximum atomic E-state index is 12.1. The van der Waals surface area contributed by atoms with Crippen LogP contribution < -0.4 is 10.7 Å². The summed E-state index contributed by atoms with van der Waals surface area (Å²) in [6.45, 7) is 3.26. The molecule has 2 aromatic heterocycles. The number of nitrogens with one attached hydrogen (secondary N) is 2. The number of hydrogen-bond acceptors (Lipinski definition) is 4. The fraction of sp³-hybridized carbons (Fsp3) is 0.333. The molecule has 0 radical (unpaired) electrons. The number of carboxylic acids is 1. The summed E-state index contributed by atoms with van der Waals surface area (Å²) in [6, 6.07) is 1.35. The zero-order valence-corrected chi connectivity index (χ0v) is 11.0. The first-order valence-electron chi connectivity index (χ1n) is 6.01. The van der Waals surface area contributed by atoms with Gasteiger partial charge in [-0.15, -0.1) is 0 Å². The lowest BCUT2D eigenvalue weighted by atomic mass is 10.1. The number of fused-ring (bicyclic) bond motifs is 1. The molecule has 2 rings (SSSR count). The van der Waals surface area contributed by atoms with Crippen LogP contribution in [-0.2, 0) is 4.79 Å². The standard InChI is InChI=1S/C12H14N4O4/c1-6(2)7-3-8(17)10(11-14-5-15-16(7)11)12(20)13-4-9(18)19/h3,5-6H,4H2,1-2H3,(H,13,20)(H,14,15)(H,18,19). The molecule has 0 unspecified atom stereocenters. The highest BCUT2D eigenvalue weighted by molar-refractivity contribution is 6.00. The van der Waals surface area contributed by atoms with Crippen molar-refractivity contribution in [3.8, 4) is 0 Å². The Hall–Kier alpha value is -2.64. The molecule has 0 aliphatic heterocycles. The van der Waals surface area contributed by atoms with Gasteiger partial charge in [0.05, 0.1) is 0 Å². The van der Waals surface area contributed by atoms with Gasteiger partial charge in [0.25, 0.3) is 5.91 Å². The first-order valence-corrected chi connectivity index (χ1v) is 6.01. The van der Waals surface area contributed by atoms with E-state index in [1.807, 2.05) is 13.8 Å². The van der Waals surface area contributed by atoms with E-state index in [9.17, 15) is 14.4 Å². The fourth-order valence-corrected chi connectivity index (χ4v) is 1.90. The minimum absolute atomic E-state index is 0.0618. The molecule has 1 amide bonds. The minimum Gasteiger partial charge on any atom is -0.480 e. The van der Waals surface area contributed by atoms with Gasteiger partial charge in [0.15, 0.2) is 11.1 Å². The number of pyridine rings is 1. The lowest BCUT2D eigenvalue weighted by Gasteiger charge is -2.10. The van der Waals surface area contributed by atoms with Crippen molar-refractivity contribution in [2.75, 3.05) is 6.54 Å². The van der Waals surface area contributed by atoms with Crippen LogP contribution in [0.3, 0.4) is 0 Å². The van der Waals surface area contributed by atoms with Crippen LogP contribution >= 0.6 is 0 Å². The van der Waals surface area contributed by atoms with Crippen LogP contribution in [0.4, 0.5) is 0 Å². The third kappa shape index (κ3) is 2.40. The number of nitrogens with zero attached hydrogens (tertiary/aromatic N) is 2. The van der Waals surface area contributed by atoms with Crippen LogP contribution in [0, 0.1) is 0 Å². The molecular formula is C12H14N4O4. The largest absolute Gasteiger partial charge is 0.480 e. The van der Waals surface area contributed by atoms with Crippen molar-refractivity contribution in [3.63, 3.8) is 0 Å². The highest BCUT2D eigenvalue weighted by Gasteiger charge is 2.20. The van der Waals surface area contributed by atoms with Gasteiger partial charge in [-0.3, -0.25) is 19.5 Å². The van der Waals surface area contributed by atoms with Crippen LogP contribution in [0.25, 0.3) is 5.65 Å². The predicted molar refractivity (Wildman–Crippen MR) is 69.9 cm³/mol. The van der Waals surface area contributed by atoms with E-state index >= 15 is 0 Å². The summed E-state index contributed by atoms with van der Waals surface area (Å²) in [5.41, 5.74) is 0.224. The van der Waals surface area contributed by atoms with E-state index < -0.39 is 23.9 Å². The topological polar surface area (TPSA) is 117 Å². The highest BCUT2D eigenvalue weighted by Crippen LogP contribution is 2.14. The van der Waals surface area contributed by atoms with Gasteiger partial charge >= 0.3 is 5.97 Å². The number of aromatic nitrogens is 3. The predicted octanol–water partition coefficient (Wildman–Crippen LogP) is -0.0396. The number of amides is 1. The molecule has 0 atom stereocenters. The first kappa shape index (κ1) is 13.8. The van der Waals surface area contributed by atoms with Crippen LogP contribution in [0.15, 0.2) is 17.2 Å². The molecule has 2 heterocycles. The molecule has 8 nitrogen and oxygen atoms in total. The minimum atomic E-state index is -1.18. The summed E-state index contributed by atoms with van der Waals surface area (Å²) in [6.07, 6.45) is 1.37. The molecule has 3 N–H and O–H groups in total. The highest BCUT2D eigenvalue weighted by atomic mass is 16.4. The molecule has 0 aromatic carbocycles. The van der Waals surface area contributed by atoms with Crippen molar-refractivity contribution in [1.29, 1.82) is 0 Å². The number of rotatable bonds is 4. The summed E-state index contributed by atoms with van der Waals surface area (Å²) in [5.74, 6) is -1.88. The Morgan fingerprint density at radius 2 is 2.20 bits per heavy atom. The maximum absolute atomic E-state index is 12.1. The molecule has 8 heteroatoms. The van der Waals surface area contributed by atoms with Gasteiger partial charge in [-0.05, 0) is 5.92 Å². The van der Waals surface area contributed by atoms with Crippen molar-refractivity contribution in [1.82, 2.24) is 19.9 Å². The summed E-state index contributed by atoms with van der Waals surface area (Å²) < 4.78 is 1.54. The Labute approximate surface area is 113 Å². The smallest absolute Gasteiger partial charge is 0.322 e. The second-order valence-corrected chi connectivity index (χ2v) is 4.59. The normalized spacial score (nSPS) is 10.9. The lowest BCUT2D eigenvalue weighted by Crippen LogP contribution is -2.33. The van der Waals surface area contributed by atoms with Gasteiger partial charge in [0.2, 0.25) is 0 Å². The average Bonchev–Trinajstić information content (AvgIpc) is 2.83. The number of aromatic amines is 1. The molecule has 20 heavy (non-hydrogen) atoms. The van der Waals surface area contributed by atoms with Crippen LogP contribution in [0.1, 0.15) is 35.8 Å². The fourth-order valence-electron chi connectivity index (χ4n) is 1.90. The van der Waals surface area contributed by atoms with Gasteiger partial charge in [-0.1, -0.05) is 13.8 Å². The second kappa shape index (κ2) is 5.16. The zero-order valence-electron chi connectivity index (χ0n) is 11.0. The third-order valence-corrected chi connectivity index (χ3v) is 2.81. The molecule has 0 spiro atoms. The number of carboxylic acid groups (broad SMARTS) is 1. The van der Waals surface area contributed by atoms with Gasteiger partial charge in [-0.2, -0.15) is 0 Å². The van der Waals surface area contributed by atoms with E-state index in [1.165, 1.54) is 12.4 Å². The first-order chi connectivity index (χ1) is 9.41. The number of aliphatic carboxylic acids is 1. The van der Waals surface area contributed by atoms with Crippen molar-refractivity contribution in [2.24, 2.45) is 0 Å². The molecule has 106 valence electrons. The molecule has 2 aromatic rings. The summed E-state index contributed by atoms with van der Waals surface area (Å²) in [7, 11) is 0. The lowest BCUT2D eigenvalue weighted by molar-refractivity contribution is -0.135. The molecule has 0 aliphatic rings. The zero-order chi connectivity index (χ0) is 14.9.